The van der Waals surface area contributed by atoms with Crippen LogP contribution in [0.5, 0.6) is 0 Å². The molecule has 0 spiro atoms. The van der Waals surface area contributed by atoms with Crippen LogP contribution >= 0.6 is 23.6 Å². The van der Waals surface area contributed by atoms with E-state index >= 15 is 0 Å². The Labute approximate surface area is 141 Å². The number of likely N-dealkylation sites (tertiary alicyclic amines) is 1. The van der Waals surface area contributed by atoms with Crippen LogP contribution in [0, 0.1) is 14.8 Å². The van der Waals surface area contributed by atoms with Crippen molar-refractivity contribution in [2.45, 2.75) is 52.7 Å². The molecular formula is C18H25N2S2+. The Kier molecular flexibility index (Phi) is 3.30. The molecule has 1 saturated heterocycles. The smallest absolute Gasteiger partial charge is 0.166 e. The fourth-order valence-electron chi connectivity index (χ4n) is 5.30. The van der Waals surface area contributed by atoms with Crippen molar-refractivity contribution < 1.29 is 4.90 Å². The molecule has 1 aromatic carbocycles. The van der Waals surface area contributed by atoms with Crippen LogP contribution in [0.25, 0.3) is 10.2 Å². The second-order valence-electron chi connectivity index (χ2n) is 8.51. The number of quaternary nitrogens is 1. The number of hydrogen-bond donors (Lipinski definition) is 1. The molecule has 2 heterocycles. The van der Waals surface area contributed by atoms with E-state index in [1.165, 1.54) is 36.0 Å². The van der Waals surface area contributed by atoms with Gasteiger partial charge in [0, 0.05) is 18.3 Å². The summed E-state index contributed by atoms with van der Waals surface area (Å²) in [5.41, 5.74) is 2.34. The van der Waals surface area contributed by atoms with Crippen LogP contribution in [0.2, 0.25) is 0 Å². The zero-order chi connectivity index (χ0) is 15.5. The van der Waals surface area contributed by atoms with Gasteiger partial charge in [-0.2, -0.15) is 0 Å². The molecule has 0 radical (unpaired) electrons. The molecule has 1 unspecified atom stereocenters. The van der Waals surface area contributed by atoms with E-state index in [4.69, 9.17) is 12.2 Å². The lowest BCUT2D eigenvalue weighted by atomic mass is 9.65. The predicted molar refractivity (Wildman–Crippen MR) is 96.0 cm³/mol. The van der Waals surface area contributed by atoms with Crippen molar-refractivity contribution in [1.82, 2.24) is 4.57 Å². The first-order chi connectivity index (χ1) is 10.4. The molecule has 1 aromatic heterocycles. The first-order valence-corrected chi connectivity index (χ1v) is 9.51. The Morgan fingerprint density at radius 1 is 1.27 bits per heavy atom. The maximum atomic E-state index is 5.65. The van der Waals surface area contributed by atoms with Gasteiger partial charge < -0.3 is 4.90 Å². The second kappa shape index (κ2) is 4.89. The van der Waals surface area contributed by atoms with Gasteiger partial charge in [-0.15, -0.1) is 11.3 Å². The lowest BCUT2D eigenvalue weighted by Gasteiger charge is -2.37. The molecule has 2 aliphatic rings. The molecule has 3 atom stereocenters. The number of aromatic nitrogens is 1. The quantitative estimate of drug-likeness (QED) is 0.821. The Bertz CT molecular complexity index is 773. The summed E-state index contributed by atoms with van der Waals surface area (Å²) in [4.78, 5) is 1.74. The topological polar surface area (TPSA) is 9.37 Å². The largest absolute Gasteiger partial charge is 0.315 e. The number of para-hydroxylation sites is 1. The highest BCUT2D eigenvalue weighted by atomic mass is 32.1. The number of benzene rings is 1. The van der Waals surface area contributed by atoms with Gasteiger partial charge in [0.2, 0.25) is 0 Å². The van der Waals surface area contributed by atoms with E-state index in [0.29, 0.717) is 10.8 Å². The average Bonchev–Trinajstić information content (AvgIpc) is 2.84. The van der Waals surface area contributed by atoms with Gasteiger partial charge in [-0.05, 0) is 36.2 Å². The molecule has 1 N–H and O–H groups in total. The third-order valence-electron chi connectivity index (χ3n) is 5.61. The summed E-state index contributed by atoms with van der Waals surface area (Å²) < 4.78 is 4.72. The van der Waals surface area contributed by atoms with E-state index < -0.39 is 0 Å². The minimum absolute atomic E-state index is 0.498. The number of thiazole rings is 1. The van der Waals surface area contributed by atoms with E-state index in [2.05, 4.69) is 49.6 Å². The van der Waals surface area contributed by atoms with E-state index in [-0.39, 0.29) is 0 Å². The van der Waals surface area contributed by atoms with E-state index in [1.807, 2.05) is 0 Å². The number of rotatable bonds is 2. The normalized spacial score (nSPS) is 33.4. The molecule has 118 valence electrons. The van der Waals surface area contributed by atoms with Crippen molar-refractivity contribution >= 4 is 33.8 Å². The van der Waals surface area contributed by atoms with E-state index in [9.17, 15) is 0 Å². The molecule has 1 aliphatic carbocycles. The third kappa shape index (κ3) is 2.45. The predicted octanol–water partition coefficient (Wildman–Crippen LogP) is 3.87. The standard InChI is InChI=1S/C18H24N2S2/c1-17(2)8-13-9-18(3,10-17)11-19(13)12-20-14-6-4-5-7-15(14)22-16(20)21/h4-7,13H,8-12H2,1-3H3/p+1/t13-,18-/m0/s1. The van der Waals surface area contributed by atoms with Crippen molar-refractivity contribution in [1.29, 1.82) is 0 Å². The summed E-state index contributed by atoms with van der Waals surface area (Å²) in [7, 11) is 0. The van der Waals surface area contributed by atoms with Crippen LogP contribution in [0.3, 0.4) is 0 Å². The van der Waals surface area contributed by atoms with Crippen molar-refractivity contribution in [2.75, 3.05) is 6.54 Å². The van der Waals surface area contributed by atoms with Crippen molar-refractivity contribution in [3.8, 4) is 0 Å². The summed E-state index contributed by atoms with van der Waals surface area (Å²) in [6.45, 7) is 9.74. The highest BCUT2D eigenvalue weighted by molar-refractivity contribution is 7.73. The minimum atomic E-state index is 0.498. The fraction of sp³-hybridized carbons (Fsp3) is 0.611. The molecule has 2 nitrogen and oxygen atoms in total. The number of hydrogen-bond acceptors (Lipinski definition) is 2. The summed E-state index contributed by atoms with van der Waals surface area (Å²) in [5.74, 6) is 0. The van der Waals surface area contributed by atoms with Gasteiger partial charge >= 0.3 is 0 Å². The van der Waals surface area contributed by atoms with Crippen LogP contribution in [-0.4, -0.2) is 17.2 Å². The highest BCUT2D eigenvalue weighted by Gasteiger charge is 2.52. The first kappa shape index (κ1) is 14.9. The molecular weight excluding hydrogens is 308 g/mol. The molecule has 4 rings (SSSR count). The fourth-order valence-corrected chi connectivity index (χ4v) is 6.62. The summed E-state index contributed by atoms with van der Waals surface area (Å²) in [6, 6.07) is 9.44. The molecule has 1 saturated carbocycles. The summed E-state index contributed by atoms with van der Waals surface area (Å²) in [6.07, 6.45) is 4.12. The van der Waals surface area contributed by atoms with Gasteiger partial charge in [-0.25, -0.2) is 0 Å². The Morgan fingerprint density at radius 2 is 2.05 bits per heavy atom. The number of nitrogens with zero attached hydrogens (tertiary/aromatic N) is 1. The first-order valence-electron chi connectivity index (χ1n) is 8.28. The lowest BCUT2D eigenvalue weighted by molar-refractivity contribution is -0.936. The highest BCUT2D eigenvalue weighted by Crippen LogP contribution is 2.47. The van der Waals surface area contributed by atoms with Gasteiger partial charge in [0.1, 0.15) is 0 Å². The molecule has 2 fully saturated rings. The maximum absolute atomic E-state index is 5.65. The van der Waals surface area contributed by atoms with Crippen LogP contribution < -0.4 is 4.90 Å². The summed E-state index contributed by atoms with van der Waals surface area (Å²) in [5, 5.41) is 0. The maximum Gasteiger partial charge on any atom is 0.166 e. The van der Waals surface area contributed by atoms with Gasteiger partial charge in [0.25, 0.3) is 0 Å². The minimum Gasteiger partial charge on any atom is -0.315 e. The monoisotopic (exact) mass is 333 g/mol. The van der Waals surface area contributed by atoms with Crippen LogP contribution in [0.4, 0.5) is 0 Å². The van der Waals surface area contributed by atoms with Gasteiger partial charge in [-0.1, -0.05) is 32.9 Å². The summed E-state index contributed by atoms with van der Waals surface area (Å²) >= 11 is 7.40. The van der Waals surface area contributed by atoms with E-state index in [0.717, 1.165) is 16.7 Å². The molecule has 1 aliphatic heterocycles. The van der Waals surface area contributed by atoms with Crippen molar-refractivity contribution in [2.24, 2.45) is 10.8 Å². The van der Waals surface area contributed by atoms with Crippen molar-refractivity contribution in [3.05, 3.63) is 28.2 Å². The molecule has 4 heteroatoms. The van der Waals surface area contributed by atoms with Crippen LogP contribution in [-0.2, 0) is 6.67 Å². The third-order valence-corrected chi connectivity index (χ3v) is 7.04. The van der Waals surface area contributed by atoms with Crippen molar-refractivity contribution in [3.63, 3.8) is 0 Å². The van der Waals surface area contributed by atoms with Gasteiger partial charge in [0.15, 0.2) is 10.6 Å². The SMILES string of the molecule is CC1(C)C[C@H]2C[C@](C)(C[NH+]2Cn2c(=S)sc3ccccc32)C1. The van der Waals surface area contributed by atoms with Gasteiger partial charge in [-0.3, -0.25) is 4.57 Å². The Balaban J connectivity index is 1.67. The molecule has 2 bridgehead atoms. The Morgan fingerprint density at radius 3 is 2.86 bits per heavy atom. The second-order valence-corrected chi connectivity index (χ2v) is 10.2. The zero-order valence-corrected chi connectivity index (χ0v) is 15.3. The van der Waals surface area contributed by atoms with Gasteiger partial charge in [0.05, 0.1) is 22.8 Å². The average molecular weight is 334 g/mol. The van der Waals surface area contributed by atoms with Crippen LogP contribution in [0.15, 0.2) is 24.3 Å². The lowest BCUT2D eigenvalue weighted by Crippen LogP contribution is -3.13. The molecule has 2 aromatic rings. The Hall–Kier alpha value is -0.710. The number of fused-ring (bicyclic) bond motifs is 3. The number of nitrogens with one attached hydrogen (secondary N) is 1. The zero-order valence-electron chi connectivity index (χ0n) is 13.7. The molecule has 22 heavy (non-hydrogen) atoms. The van der Waals surface area contributed by atoms with E-state index in [1.54, 1.807) is 16.2 Å². The molecule has 0 amide bonds. The van der Waals surface area contributed by atoms with Crippen LogP contribution in [0.1, 0.15) is 40.0 Å².